The molecule has 0 spiro atoms. The van der Waals surface area contributed by atoms with Crippen molar-refractivity contribution in [3.63, 3.8) is 0 Å². The van der Waals surface area contributed by atoms with Gasteiger partial charge in [-0.1, -0.05) is 36.4 Å². The topological polar surface area (TPSA) is 96.4 Å². The van der Waals surface area contributed by atoms with Crippen molar-refractivity contribution in [1.82, 2.24) is 10.0 Å². The number of ether oxygens (including phenoxy) is 2. The largest absolute Gasteiger partial charge is 0.479 e. The average molecular weight is 428 g/mol. The van der Waals surface area contributed by atoms with Crippen LogP contribution in [0.4, 0.5) is 0 Å². The van der Waals surface area contributed by atoms with Crippen molar-refractivity contribution in [1.29, 1.82) is 0 Å². The number of carboxylic acid groups (broad SMARTS) is 1. The van der Waals surface area contributed by atoms with Gasteiger partial charge in [-0.3, -0.25) is 9.59 Å². The van der Waals surface area contributed by atoms with E-state index < -0.39 is 22.8 Å². The number of hydrogen-bond donors (Lipinski definition) is 1. The molecule has 3 heterocycles. The molecule has 0 bridgehead atoms. The summed E-state index contributed by atoms with van der Waals surface area (Å²) in [7, 11) is 0. The highest BCUT2D eigenvalue weighted by Gasteiger charge is 2.63. The zero-order valence-corrected chi connectivity index (χ0v) is 17.7. The van der Waals surface area contributed by atoms with Crippen LogP contribution >= 0.6 is 0 Å². The van der Waals surface area contributed by atoms with Gasteiger partial charge in [0.1, 0.15) is 5.41 Å². The molecule has 8 heteroatoms. The lowest BCUT2D eigenvalue weighted by molar-refractivity contribution is -0.172. The van der Waals surface area contributed by atoms with E-state index in [9.17, 15) is 19.5 Å². The minimum Gasteiger partial charge on any atom is -0.479 e. The van der Waals surface area contributed by atoms with Gasteiger partial charge in [0.2, 0.25) is 0 Å². The van der Waals surface area contributed by atoms with E-state index in [0.717, 1.165) is 29.8 Å². The minimum atomic E-state index is -1.61. The predicted molar refractivity (Wildman–Crippen MR) is 110 cm³/mol. The molecule has 1 aromatic carbocycles. The lowest BCUT2D eigenvalue weighted by Crippen LogP contribution is -2.60. The van der Waals surface area contributed by atoms with Gasteiger partial charge in [-0.15, -0.1) is 0 Å². The van der Waals surface area contributed by atoms with Crippen LogP contribution in [0.25, 0.3) is 0 Å². The van der Waals surface area contributed by atoms with Crippen LogP contribution in [0.15, 0.2) is 42.5 Å². The molecule has 1 N–H and O–H groups in total. The van der Waals surface area contributed by atoms with Crippen molar-refractivity contribution in [2.75, 3.05) is 19.8 Å². The molecule has 31 heavy (non-hydrogen) atoms. The number of nitrogens with zero attached hydrogens (tertiary/aromatic N) is 2. The molecule has 0 aliphatic carbocycles. The normalized spacial score (nSPS) is 30.5. The van der Waals surface area contributed by atoms with Crippen LogP contribution in [0.3, 0.4) is 0 Å². The second-order valence-electron chi connectivity index (χ2n) is 8.52. The zero-order chi connectivity index (χ0) is 22.1. The molecule has 1 aromatic rings. The summed E-state index contributed by atoms with van der Waals surface area (Å²) < 4.78 is 11.5. The molecular weight excluding hydrogens is 400 g/mol. The Balaban J connectivity index is 1.64. The number of carboxylic acids is 1. The molecule has 166 valence electrons. The second kappa shape index (κ2) is 8.43. The summed E-state index contributed by atoms with van der Waals surface area (Å²) in [4.78, 5) is 39.4. The second-order valence-corrected chi connectivity index (χ2v) is 8.52. The quantitative estimate of drug-likeness (QED) is 0.528. The Morgan fingerprint density at radius 2 is 2.00 bits per heavy atom. The molecule has 3 aliphatic heterocycles. The number of carbonyl (C=O) groups is 3. The first-order valence-electron chi connectivity index (χ1n) is 10.7. The fourth-order valence-corrected chi connectivity index (χ4v) is 4.59. The van der Waals surface area contributed by atoms with Gasteiger partial charge >= 0.3 is 5.97 Å². The fraction of sp³-hybridized carbons (Fsp3) is 0.522. The van der Waals surface area contributed by atoms with Crippen LogP contribution in [-0.2, 0) is 30.3 Å². The van der Waals surface area contributed by atoms with Crippen molar-refractivity contribution in [3.05, 3.63) is 48.0 Å². The monoisotopic (exact) mass is 428 g/mol. The number of fused-ring (bicyclic) bond motifs is 1. The van der Waals surface area contributed by atoms with Crippen molar-refractivity contribution in [2.45, 2.75) is 50.9 Å². The van der Waals surface area contributed by atoms with E-state index in [2.05, 4.69) is 0 Å². The molecule has 0 radical (unpaired) electrons. The SMILES string of the molecule is CC1(C(=O)O)C=CCN2C(=O)C(CCOC3CCCCO3)(Cc3ccccc3)C(=O)N21. The summed E-state index contributed by atoms with van der Waals surface area (Å²) in [6, 6.07) is 9.32. The van der Waals surface area contributed by atoms with Gasteiger partial charge in [0.25, 0.3) is 11.8 Å². The van der Waals surface area contributed by atoms with E-state index in [-0.39, 0.29) is 38.2 Å². The number of hydrazine groups is 1. The predicted octanol–water partition coefficient (Wildman–Crippen LogP) is 2.15. The van der Waals surface area contributed by atoms with Gasteiger partial charge in [0, 0.05) is 6.61 Å². The third-order valence-electron chi connectivity index (χ3n) is 6.40. The molecule has 3 atom stereocenters. The van der Waals surface area contributed by atoms with Gasteiger partial charge in [0.05, 0.1) is 13.2 Å². The van der Waals surface area contributed by atoms with Gasteiger partial charge in [-0.2, -0.15) is 0 Å². The van der Waals surface area contributed by atoms with Crippen molar-refractivity contribution >= 4 is 17.8 Å². The molecule has 2 amide bonds. The highest BCUT2D eigenvalue weighted by Crippen LogP contribution is 2.43. The first-order valence-corrected chi connectivity index (χ1v) is 10.7. The Labute approximate surface area is 181 Å². The maximum absolute atomic E-state index is 13.8. The lowest BCUT2D eigenvalue weighted by Gasteiger charge is -2.40. The summed E-state index contributed by atoms with van der Waals surface area (Å²) in [5, 5.41) is 12.2. The fourth-order valence-electron chi connectivity index (χ4n) is 4.59. The molecule has 8 nitrogen and oxygen atoms in total. The van der Waals surface area contributed by atoms with E-state index in [1.54, 1.807) is 6.08 Å². The first kappa shape index (κ1) is 21.5. The number of aliphatic carboxylic acids is 1. The molecule has 0 saturated carbocycles. The van der Waals surface area contributed by atoms with Gasteiger partial charge < -0.3 is 14.6 Å². The molecule has 2 saturated heterocycles. The minimum absolute atomic E-state index is 0.155. The summed E-state index contributed by atoms with van der Waals surface area (Å²) in [5.41, 5.74) is -2.20. The van der Waals surface area contributed by atoms with Crippen molar-refractivity contribution in [3.8, 4) is 0 Å². The number of rotatable bonds is 7. The molecule has 0 aromatic heterocycles. The molecule has 3 aliphatic rings. The van der Waals surface area contributed by atoms with Gasteiger partial charge in [-0.05, 0) is 50.7 Å². The first-order chi connectivity index (χ1) is 14.9. The van der Waals surface area contributed by atoms with Crippen LogP contribution in [0.5, 0.6) is 0 Å². The highest BCUT2D eigenvalue weighted by molar-refractivity contribution is 6.12. The maximum Gasteiger partial charge on any atom is 0.335 e. The third-order valence-corrected chi connectivity index (χ3v) is 6.40. The van der Waals surface area contributed by atoms with Crippen LogP contribution in [0.1, 0.15) is 38.2 Å². The number of carbonyl (C=O) groups excluding carboxylic acids is 2. The summed E-state index contributed by atoms with van der Waals surface area (Å²) in [6.45, 7) is 2.42. The third kappa shape index (κ3) is 3.74. The van der Waals surface area contributed by atoms with Crippen molar-refractivity contribution < 1.29 is 29.0 Å². The van der Waals surface area contributed by atoms with Crippen LogP contribution in [-0.4, -0.2) is 64.5 Å². The highest BCUT2D eigenvalue weighted by atomic mass is 16.7. The van der Waals surface area contributed by atoms with E-state index in [4.69, 9.17) is 9.47 Å². The standard InChI is InChI=1S/C23H28N2O6/c1-22(21(28)29)11-7-13-24-19(26)23(20(27)25(22)24,16-17-8-3-2-4-9-17)12-15-31-18-10-5-6-14-30-18/h2-4,7-9,11,18H,5-6,10,12-16H2,1H3,(H,28,29). The van der Waals surface area contributed by atoms with Crippen LogP contribution in [0.2, 0.25) is 0 Å². The summed E-state index contributed by atoms with van der Waals surface area (Å²) >= 11 is 0. The number of hydrogen-bond acceptors (Lipinski definition) is 5. The Kier molecular flexibility index (Phi) is 5.85. The zero-order valence-electron chi connectivity index (χ0n) is 17.7. The van der Waals surface area contributed by atoms with Crippen LogP contribution < -0.4 is 0 Å². The average Bonchev–Trinajstić information content (AvgIpc) is 2.98. The van der Waals surface area contributed by atoms with Crippen LogP contribution in [0, 0.1) is 5.41 Å². The molecule has 2 fully saturated rings. The van der Waals surface area contributed by atoms with Gasteiger partial charge in [0.15, 0.2) is 11.8 Å². The molecule has 4 rings (SSSR count). The van der Waals surface area contributed by atoms with E-state index >= 15 is 0 Å². The Morgan fingerprint density at radius 3 is 2.68 bits per heavy atom. The number of amides is 2. The summed E-state index contributed by atoms with van der Waals surface area (Å²) in [5.74, 6) is -2.06. The summed E-state index contributed by atoms with van der Waals surface area (Å²) in [6.07, 6.45) is 5.91. The van der Waals surface area contributed by atoms with Crippen molar-refractivity contribution in [2.24, 2.45) is 5.41 Å². The molecule has 3 unspecified atom stereocenters. The Hall–Kier alpha value is -2.71. The van der Waals surface area contributed by atoms with Gasteiger partial charge in [-0.25, -0.2) is 14.8 Å². The van der Waals surface area contributed by atoms with E-state index in [1.807, 2.05) is 30.3 Å². The smallest absolute Gasteiger partial charge is 0.335 e. The Morgan fingerprint density at radius 1 is 1.23 bits per heavy atom. The number of benzene rings is 1. The Bertz CT molecular complexity index is 881. The lowest BCUT2D eigenvalue weighted by atomic mass is 9.77. The molecular formula is C23H28N2O6. The van der Waals surface area contributed by atoms with E-state index in [0.29, 0.717) is 6.61 Å². The maximum atomic E-state index is 13.8. The van der Waals surface area contributed by atoms with E-state index in [1.165, 1.54) is 18.0 Å².